The van der Waals surface area contributed by atoms with Crippen LogP contribution in [-0.4, -0.2) is 7.05 Å². The highest BCUT2D eigenvalue weighted by atomic mass is 16.3. The van der Waals surface area contributed by atoms with Crippen molar-refractivity contribution in [2.45, 2.75) is 6.04 Å². The van der Waals surface area contributed by atoms with Crippen LogP contribution in [0.3, 0.4) is 0 Å². The summed E-state index contributed by atoms with van der Waals surface area (Å²) in [5.74, 6) is 2.58. The normalized spacial score (nSPS) is 12.4. The second-order valence-corrected chi connectivity index (χ2v) is 1.95. The fourth-order valence-electron chi connectivity index (χ4n) is 0.785. The van der Waals surface area contributed by atoms with E-state index in [-0.39, 0.29) is 6.04 Å². The van der Waals surface area contributed by atoms with E-state index >= 15 is 0 Å². The Morgan fingerprint density at radius 2 is 2.60 bits per heavy atom. The first kappa shape index (κ1) is 6.91. The van der Waals surface area contributed by atoms with E-state index in [9.17, 15) is 0 Å². The first-order chi connectivity index (χ1) is 4.88. The van der Waals surface area contributed by atoms with Crippen LogP contribution in [0, 0.1) is 12.3 Å². The van der Waals surface area contributed by atoms with Gasteiger partial charge in [0.25, 0.3) is 0 Å². The Balaban J connectivity index is 2.76. The molecular weight excluding hydrogens is 126 g/mol. The molecule has 10 heavy (non-hydrogen) atoms. The van der Waals surface area contributed by atoms with Crippen molar-refractivity contribution in [3.05, 3.63) is 24.2 Å². The van der Waals surface area contributed by atoms with Crippen LogP contribution < -0.4 is 5.32 Å². The van der Waals surface area contributed by atoms with Crippen molar-refractivity contribution in [2.75, 3.05) is 7.05 Å². The largest absolute Gasteiger partial charge is 0.472 e. The third-order valence-corrected chi connectivity index (χ3v) is 1.33. The van der Waals surface area contributed by atoms with Gasteiger partial charge in [0.1, 0.15) is 0 Å². The molecule has 0 spiro atoms. The van der Waals surface area contributed by atoms with E-state index in [1.807, 2.05) is 13.1 Å². The summed E-state index contributed by atoms with van der Waals surface area (Å²) >= 11 is 0. The monoisotopic (exact) mass is 135 g/mol. The molecule has 1 aromatic rings. The zero-order valence-electron chi connectivity index (χ0n) is 5.79. The van der Waals surface area contributed by atoms with Gasteiger partial charge in [0.2, 0.25) is 0 Å². The molecule has 1 N–H and O–H groups in total. The van der Waals surface area contributed by atoms with Crippen LogP contribution in [0.15, 0.2) is 23.0 Å². The maximum Gasteiger partial charge on any atom is 0.0971 e. The number of furan rings is 1. The van der Waals surface area contributed by atoms with E-state index in [0.717, 1.165) is 5.56 Å². The smallest absolute Gasteiger partial charge is 0.0971 e. The third-order valence-electron chi connectivity index (χ3n) is 1.33. The molecule has 0 aromatic carbocycles. The van der Waals surface area contributed by atoms with Gasteiger partial charge < -0.3 is 9.73 Å². The Hall–Kier alpha value is -1.20. The van der Waals surface area contributed by atoms with E-state index in [4.69, 9.17) is 10.8 Å². The lowest BCUT2D eigenvalue weighted by atomic mass is 10.2. The Kier molecular flexibility index (Phi) is 2.14. The molecule has 0 aliphatic rings. The number of terminal acetylenes is 1. The van der Waals surface area contributed by atoms with E-state index < -0.39 is 0 Å². The summed E-state index contributed by atoms with van der Waals surface area (Å²) < 4.78 is 4.86. The van der Waals surface area contributed by atoms with Crippen LogP contribution in [0.2, 0.25) is 0 Å². The average molecular weight is 135 g/mol. The van der Waals surface area contributed by atoms with Crippen molar-refractivity contribution in [1.29, 1.82) is 0 Å². The highest BCUT2D eigenvalue weighted by Gasteiger charge is 2.04. The molecule has 0 fully saturated rings. The molecule has 0 radical (unpaired) electrons. The molecule has 0 saturated heterocycles. The molecule has 2 nitrogen and oxygen atoms in total. The highest BCUT2D eigenvalue weighted by molar-refractivity contribution is 5.20. The molecule has 0 saturated carbocycles. The highest BCUT2D eigenvalue weighted by Crippen LogP contribution is 2.10. The second kappa shape index (κ2) is 3.09. The van der Waals surface area contributed by atoms with Gasteiger partial charge in [-0.2, -0.15) is 0 Å². The lowest BCUT2D eigenvalue weighted by Gasteiger charge is -2.03. The Labute approximate surface area is 60.2 Å². The molecule has 1 unspecified atom stereocenters. The molecular formula is C8H9NO. The quantitative estimate of drug-likeness (QED) is 0.616. The van der Waals surface area contributed by atoms with Crippen LogP contribution >= 0.6 is 0 Å². The molecule has 0 aliphatic heterocycles. The predicted octanol–water partition coefficient (Wildman–Crippen LogP) is 1.17. The fourth-order valence-corrected chi connectivity index (χ4v) is 0.785. The van der Waals surface area contributed by atoms with Gasteiger partial charge in [0.15, 0.2) is 0 Å². The maximum absolute atomic E-state index is 5.22. The van der Waals surface area contributed by atoms with E-state index in [1.54, 1.807) is 12.5 Å². The SMILES string of the molecule is C#CC(NC)c1ccoc1. The van der Waals surface area contributed by atoms with Crippen molar-refractivity contribution in [1.82, 2.24) is 5.32 Å². The van der Waals surface area contributed by atoms with Crippen molar-refractivity contribution in [3.8, 4) is 12.3 Å². The lowest BCUT2D eigenvalue weighted by molar-refractivity contribution is 0.560. The summed E-state index contributed by atoms with van der Waals surface area (Å²) in [6.45, 7) is 0. The van der Waals surface area contributed by atoms with Crippen LogP contribution in [0.25, 0.3) is 0 Å². The molecule has 1 aromatic heterocycles. The Morgan fingerprint density at radius 1 is 1.80 bits per heavy atom. The molecule has 0 aliphatic carbocycles. The molecule has 2 heteroatoms. The molecule has 0 amide bonds. The summed E-state index contributed by atoms with van der Waals surface area (Å²) in [6.07, 6.45) is 8.47. The van der Waals surface area contributed by atoms with Crippen molar-refractivity contribution in [2.24, 2.45) is 0 Å². The predicted molar refractivity (Wildman–Crippen MR) is 39.3 cm³/mol. The van der Waals surface area contributed by atoms with Gasteiger partial charge in [0, 0.05) is 5.56 Å². The number of hydrogen-bond acceptors (Lipinski definition) is 2. The minimum absolute atomic E-state index is 0.0289. The summed E-state index contributed by atoms with van der Waals surface area (Å²) in [7, 11) is 1.82. The van der Waals surface area contributed by atoms with Crippen LogP contribution in [-0.2, 0) is 0 Å². The minimum Gasteiger partial charge on any atom is -0.472 e. The van der Waals surface area contributed by atoms with Gasteiger partial charge in [-0.05, 0) is 13.1 Å². The van der Waals surface area contributed by atoms with Crippen LogP contribution in [0.1, 0.15) is 11.6 Å². The summed E-state index contributed by atoms with van der Waals surface area (Å²) in [5.41, 5.74) is 0.991. The van der Waals surface area contributed by atoms with E-state index in [0.29, 0.717) is 0 Å². The molecule has 1 heterocycles. The van der Waals surface area contributed by atoms with Crippen molar-refractivity contribution >= 4 is 0 Å². The second-order valence-electron chi connectivity index (χ2n) is 1.95. The standard InChI is InChI=1S/C8H9NO/c1-3-8(9-2)7-4-5-10-6-7/h1,4-6,8-9H,2H3. The lowest BCUT2D eigenvalue weighted by Crippen LogP contribution is -2.12. The minimum atomic E-state index is -0.0289. The number of rotatable bonds is 2. The zero-order chi connectivity index (χ0) is 7.40. The third kappa shape index (κ3) is 1.20. The van der Waals surface area contributed by atoms with Gasteiger partial charge in [-0.25, -0.2) is 0 Å². The van der Waals surface area contributed by atoms with Crippen LogP contribution in [0.5, 0.6) is 0 Å². The Morgan fingerprint density at radius 3 is 3.00 bits per heavy atom. The molecule has 0 bridgehead atoms. The van der Waals surface area contributed by atoms with Crippen LogP contribution in [0.4, 0.5) is 0 Å². The van der Waals surface area contributed by atoms with Gasteiger partial charge in [0.05, 0.1) is 18.6 Å². The molecule has 1 atom stereocenters. The van der Waals surface area contributed by atoms with Crippen molar-refractivity contribution in [3.63, 3.8) is 0 Å². The maximum atomic E-state index is 5.22. The topological polar surface area (TPSA) is 25.2 Å². The summed E-state index contributed by atoms with van der Waals surface area (Å²) in [4.78, 5) is 0. The summed E-state index contributed by atoms with van der Waals surface area (Å²) in [5, 5.41) is 2.96. The zero-order valence-corrected chi connectivity index (χ0v) is 5.79. The molecule has 1 rings (SSSR count). The first-order valence-electron chi connectivity index (χ1n) is 3.04. The van der Waals surface area contributed by atoms with Gasteiger partial charge in [-0.15, -0.1) is 6.42 Å². The van der Waals surface area contributed by atoms with E-state index in [1.165, 1.54) is 0 Å². The van der Waals surface area contributed by atoms with Crippen molar-refractivity contribution < 1.29 is 4.42 Å². The molecule has 52 valence electrons. The van der Waals surface area contributed by atoms with Gasteiger partial charge >= 0.3 is 0 Å². The fraction of sp³-hybridized carbons (Fsp3) is 0.250. The van der Waals surface area contributed by atoms with E-state index in [2.05, 4.69) is 11.2 Å². The Bertz CT molecular complexity index is 220. The number of hydrogen-bond donors (Lipinski definition) is 1. The average Bonchev–Trinajstić information content (AvgIpc) is 2.43. The summed E-state index contributed by atoms with van der Waals surface area (Å²) in [6, 6.07) is 1.82. The first-order valence-corrected chi connectivity index (χ1v) is 3.04. The van der Waals surface area contributed by atoms with Gasteiger partial charge in [-0.3, -0.25) is 0 Å². The van der Waals surface area contributed by atoms with Gasteiger partial charge in [-0.1, -0.05) is 5.92 Å². The number of nitrogens with one attached hydrogen (secondary N) is 1.